The first-order chi connectivity index (χ1) is 8.18. The fourth-order valence-electron chi connectivity index (χ4n) is 1.53. The topological polar surface area (TPSA) is 78.0 Å². The third-order valence-corrected chi connectivity index (χ3v) is 2.44. The number of aromatic nitrogens is 2. The van der Waals surface area contributed by atoms with Crippen molar-refractivity contribution in [3.63, 3.8) is 0 Å². The lowest BCUT2D eigenvalue weighted by atomic mass is 10.2. The molecule has 2 aromatic heterocycles. The van der Waals surface area contributed by atoms with Gasteiger partial charge in [-0.25, -0.2) is 4.98 Å². The number of H-pyrrole nitrogens is 1. The maximum Gasteiger partial charge on any atom is 0.274 e. The molecule has 0 fully saturated rings. The number of hydrogen-bond acceptors (Lipinski definition) is 3. The van der Waals surface area contributed by atoms with Crippen molar-refractivity contribution in [2.24, 2.45) is 0 Å². The number of rotatable bonds is 3. The van der Waals surface area contributed by atoms with Crippen LogP contribution in [0.4, 0.5) is 0 Å². The lowest BCUT2D eigenvalue weighted by molar-refractivity contribution is 0.0931. The number of carbonyl (C=O) groups is 1. The molecule has 0 aliphatic carbocycles. The second-order valence-electron chi connectivity index (χ2n) is 3.69. The minimum atomic E-state index is -0.398. The van der Waals surface area contributed by atoms with Gasteiger partial charge >= 0.3 is 0 Å². The molecule has 0 saturated heterocycles. The van der Waals surface area contributed by atoms with Crippen LogP contribution in [0.3, 0.4) is 0 Å². The Bertz CT molecular complexity index is 508. The molecule has 88 valence electrons. The lowest BCUT2D eigenvalue weighted by Crippen LogP contribution is -2.27. The number of amides is 1. The molecule has 1 atom stereocenters. The summed E-state index contributed by atoms with van der Waals surface area (Å²) in [6, 6.07) is 6.57. The molecule has 5 heteroatoms. The molecule has 2 aromatic rings. The van der Waals surface area contributed by atoms with Gasteiger partial charge in [-0.1, -0.05) is 0 Å². The number of aromatic amines is 1. The highest BCUT2D eigenvalue weighted by Gasteiger charge is 2.15. The fraction of sp³-hybridized carbons (Fsp3) is 0.167. The summed E-state index contributed by atoms with van der Waals surface area (Å²) in [5.74, 6) is -0.520. The Hall–Kier alpha value is -2.30. The molecule has 1 amide bonds. The summed E-state index contributed by atoms with van der Waals surface area (Å²) in [6.45, 7) is 1.85. The Morgan fingerprint density at radius 3 is 2.94 bits per heavy atom. The molecule has 0 aromatic carbocycles. The molecule has 2 rings (SSSR count). The van der Waals surface area contributed by atoms with Crippen molar-refractivity contribution in [1.29, 1.82) is 0 Å². The second kappa shape index (κ2) is 4.69. The van der Waals surface area contributed by atoms with Gasteiger partial charge in [-0.05, 0) is 31.2 Å². The van der Waals surface area contributed by atoms with E-state index in [0.717, 1.165) is 5.69 Å². The number of aromatic hydroxyl groups is 1. The first kappa shape index (κ1) is 11.2. The summed E-state index contributed by atoms with van der Waals surface area (Å²) in [6.07, 6.45) is 3.25. The van der Waals surface area contributed by atoms with E-state index in [-0.39, 0.29) is 17.5 Å². The molecule has 5 nitrogen and oxygen atoms in total. The highest BCUT2D eigenvalue weighted by molar-refractivity contribution is 5.94. The molecule has 2 heterocycles. The molecule has 0 aliphatic heterocycles. The summed E-state index contributed by atoms with van der Waals surface area (Å²) >= 11 is 0. The SMILES string of the molecule is CC(NC(=O)c1ncccc1O)c1ccc[nH]1. The molecule has 0 aliphatic rings. The van der Waals surface area contributed by atoms with Crippen molar-refractivity contribution in [2.45, 2.75) is 13.0 Å². The van der Waals surface area contributed by atoms with E-state index in [1.54, 1.807) is 12.3 Å². The Balaban J connectivity index is 2.10. The van der Waals surface area contributed by atoms with E-state index in [1.165, 1.54) is 12.3 Å². The molecule has 3 N–H and O–H groups in total. The number of nitrogens with zero attached hydrogens (tertiary/aromatic N) is 1. The average Bonchev–Trinajstić information content (AvgIpc) is 2.82. The summed E-state index contributed by atoms with van der Waals surface area (Å²) in [5, 5.41) is 12.2. The van der Waals surface area contributed by atoms with Gasteiger partial charge in [0.25, 0.3) is 5.91 Å². The van der Waals surface area contributed by atoms with E-state index in [1.807, 2.05) is 19.1 Å². The Morgan fingerprint density at radius 2 is 2.29 bits per heavy atom. The first-order valence-electron chi connectivity index (χ1n) is 5.26. The zero-order valence-electron chi connectivity index (χ0n) is 9.34. The zero-order valence-corrected chi connectivity index (χ0v) is 9.34. The predicted molar refractivity (Wildman–Crippen MR) is 62.6 cm³/mol. The molecule has 1 unspecified atom stereocenters. The fourth-order valence-corrected chi connectivity index (χ4v) is 1.53. The maximum atomic E-state index is 11.8. The third-order valence-electron chi connectivity index (χ3n) is 2.44. The Labute approximate surface area is 98.5 Å². The van der Waals surface area contributed by atoms with Crippen LogP contribution in [0.25, 0.3) is 0 Å². The molecular weight excluding hydrogens is 218 g/mol. The monoisotopic (exact) mass is 231 g/mol. The molecule has 0 saturated carbocycles. The van der Waals surface area contributed by atoms with Gasteiger partial charge in [0, 0.05) is 18.1 Å². The van der Waals surface area contributed by atoms with Gasteiger partial charge in [0.1, 0.15) is 5.75 Å². The largest absolute Gasteiger partial charge is 0.505 e. The summed E-state index contributed by atoms with van der Waals surface area (Å²) in [5.41, 5.74) is 0.930. The first-order valence-corrected chi connectivity index (χ1v) is 5.26. The summed E-state index contributed by atoms with van der Waals surface area (Å²) in [7, 11) is 0. The smallest absolute Gasteiger partial charge is 0.274 e. The van der Waals surface area contributed by atoms with Crippen LogP contribution in [0.5, 0.6) is 5.75 Å². The van der Waals surface area contributed by atoms with Crippen LogP contribution in [-0.4, -0.2) is 21.0 Å². The van der Waals surface area contributed by atoms with Gasteiger partial charge in [0.05, 0.1) is 6.04 Å². The van der Waals surface area contributed by atoms with E-state index in [4.69, 9.17) is 0 Å². The van der Waals surface area contributed by atoms with Gasteiger partial charge < -0.3 is 15.4 Å². The molecule has 0 bridgehead atoms. The standard InChI is InChI=1S/C12H13N3O2/c1-8(9-4-2-6-13-9)15-12(17)11-10(16)5-3-7-14-11/h2-8,13,16H,1H3,(H,15,17). The van der Waals surface area contributed by atoms with Crippen LogP contribution in [-0.2, 0) is 0 Å². The van der Waals surface area contributed by atoms with Crippen LogP contribution < -0.4 is 5.32 Å². The normalized spacial score (nSPS) is 12.1. The maximum absolute atomic E-state index is 11.8. The van der Waals surface area contributed by atoms with Crippen LogP contribution in [0.1, 0.15) is 29.1 Å². The third kappa shape index (κ3) is 2.44. The van der Waals surface area contributed by atoms with Gasteiger partial charge in [-0.15, -0.1) is 0 Å². The number of pyridine rings is 1. The number of hydrogen-bond donors (Lipinski definition) is 3. The number of nitrogens with one attached hydrogen (secondary N) is 2. The molecule has 0 radical (unpaired) electrons. The highest BCUT2D eigenvalue weighted by Crippen LogP contribution is 2.15. The quantitative estimate of drug-likeness (QED) is 0.750. The lowest BCUT2D eigenvalue weighted by Gasteiger charge is -2.12. The van der Waals surface area contributed by atoms with Crippen LogP contribution in [0.15, 0.2) is 36.7 Å². The van der Waals surface area contributed by atoms with E-state index in [9.17, 15) is 9.90 Å². The van der Waals surface area contributed by atoms with E-state index < -0.39 is 5.91 Å². The summed E-state index contributed by atoms with van der Waals surface area (Å²) < 4.78 is 0. The van der Waals surface area contributed by atoms with Gasteiger partial charge in [-0.3, -0.25) is 4.79 Å². The zero-order chi connectivity index (χ0) is 12.3. The van der Waals surface area contributed by atoms with Gasteiger partial charge in [0.15, 0.2) is 5.69 Å². The van der Waals surface area contributed by atoms with Crippen molar-refractivity contribution in [1.82, 2.24) is 15.3 Å². The predicted octanol–water partition coefficient (Wildman–Crippen LogP) is 1.61. The van der Waals surface area contributed by atoms with E-state index in [0.29, 0.717) is 0 Å². The van der Waals surface area contributed by atoms with Crippen molar-refractivity contribution in [2.75, 3.05) is 0 Å². The van der Waals surface area contributed by atoms with Crippen LogP contribution >= 0.6 is 0 Å². The van der Waals surface area contributed by atoms with Crippen LogP contribution in [0.2, 0.25) is 0 Å². The van der Waals surface area contributed by atoms with E-state index >= 15 is 0 Å². The van der Waals surface area contributed by atoms with Gasteiger partial charge in [-0.2, -0.15) is 0 Å². The van der Waals surface area contributed by atoms with E-state index in [2.05, 4.69) is 15.3 Å². The molecular formula is C12H13N3O2. The second-order valence-corrected chi connectivity index (χ2v) is 3.69. The molecule has 17 heavy (non-hydrogen) atoms. The molecule has 0 spiro atoms. The van der Waals surface area contributed by atoms with Crippen molar-refractivity contribution >= 4 is 5.91 Å². The minimum Gasteiger partial charge on any atom is -0.505 e. The van der Waals surface area contributed by atoms with Crippen LogP contribution in [0, 0.1) is 0 Å². The van der Waals surface area contributed by atoms with Crippen molar-refractivity contribution < 1.29 is 9.90 Å². The van der Waals surface area contributed by atoms with Gasteiger partial charge in [0.2, 0.25) is 0 Å². The number of carbonyl (C=O) groups excluding carboxylic acids is 1. The van der Waals surface area contributed by atoms with Crippen molar-refractivity contribution in [3.8, 4) is 5.75 Å². The average molecular weight is 231 g/mol. The highest BCUT2D eigenvalue weighted by atomic mass is 16.3. The van der Waals surface area contributed by atoms with Crippen molar-refractivity contribution in [3.05, 3.63) is 48.0 Å². The Kier molecular flexibility index (Phi) is 3.09. The Morgan fingerprint density at radius 1 is 1.47 bits per heavy atom. The minimum absolute atomic E-state index is 0.0332. The summed E-state index contributed by atoms with van der Waals surface area (Å²) in [4.78, 5) is 18.7.